The molecule has 0 N–H and O–H groups in total. The van der Waals surface area contributed by atoms with Crippen LogP contribution in [0.5, 0.6) is 0 Å². The zero-order valence-corrected chi connectivity index (χ0v) is 31.2. The molecule has 0 radical (unpaired) electrons. The van der Waals surface area contributed by atoms with Gasteiger partial charge in [-0.25, -0.2) is 8.78 Å². The van der Waals surface area contributed by atoms with E-state index in [1.165, 1.54) is 13.8 Å². The first-order valence-corrected chi connectivity index (χ1v) is 17.8. The Bertz CT molecular complexity index is 2210. The molecule has 0 bridgehead atoms. The number of alkyl halides is 2. The number of hydrogen-bond acceptors (Lipinski definition) is 6. The average molecular weight is 729 g/mol. The lowest BCUT2D eigenvalue weighted by Gasteiger charge is -2.23. The van der Waals surface area contributed by atoms with Crippen molar-refractivity contribution in [3.05, 3.63) is 154 Å². The molecule has 10 nitrogen and oxygen atoms in total. The maximum absolute atomic E-state index is 15.5. The zero-order valence-electron chi connectivity index (χ0n) is 31.2. The van der Waals surface area contributed by atoms with Crippen molar-refractivity contribution in [1.29, 1.82) is 0 Å². The van der Waals surface area contributed by atoms with Crippen LogP contribution in [0.25, 0.3) is 0 Å². The fraction of sp³-hybridized carbons (Fsp3) is 0.286. The molecule has 4 aromatic carbocycles. The van der Waals surface area contributed by atoms with Gasteiger partial charge in [0.1, 0.15) is 35.6 Å². The highest BCUT2D eigenvalue weighted by molar-refractivity contribution is 6.11. The molecule has 4 heterocycles. The minimum absolute atomic E-state index is 0.0419. The molecule has 2 aromatic heterocycles. The maximum Gasteiger partial charge on any atom is 0.258 e. The van der Waals surface area contributed by atoms with Crippen LogP contribution < -0.4 is 9.80 Å². The molecule has 2 aliphatic heterocycles. The normalized spacial score (nSPS) is 15.7. The summed E-state index contributed by atoms with van der Waals surface area (Å²) in [6.45, 7) is 8.10. The van der Waals surface area contributed by atoms with E-state index in [1.54, 1.807) is 82.1 Å². The van der Waals surface area contributed by atoms with Gasteiger partial charge in [-0.3, -0.25) is 9.59 Å². The summed E-state index contributed by atoms with van der Waals surface area (Å²) >= 11 is 0. The standard InChI is InChI=1S/2C21H21FN4O/c2*1-14-6-4-9-17-18(14)12-26(20(17)27)16-8-5-7-15(10-16)21(2,22)11-19-24-23-13-25(19)3/h2*4-10,13H,11-12H2,1-3H3/t2*21-/m10/s1. The number of amides is 2. The van der Waals surface area contributed by atoms with Crippen molar-refractivity contribution in [2.45, 2.75) is 65.0 Å². The third-order valence-electron chi connectivity index (χ3n) is 10.5. The molecule has 12 heteroatoms. The van der Waals surface area contributed by atoms with Crippen molar-refractivity contribution in [1.82, 2.24) is 29.5 Å². The van der Waals surface area contributed by atoms with Crippen molar-refractivity contribution in [3.8, 4) is 0 Å². The predicted octanol–water partition coefficient (Wildman–Crippen LogP) is 7.42. The van der Waals surface area contributed by atoms with Crippen molar-refractivity contribution >= 4 is 23.2 Å². The molecule has 0 unspecified atom stereocenters. The van der Waals surface area contributed by atoms with Crippen LogP contribution in [-0.4, -0.2) is 41.3 Å². The quantitative estimate of drug-likeness (QED) is 0.162. The maximum atomic E-state index is 15.5. The van der Waals surface area contributed by atoms with Gasteiger partial charge in [0.2, 0.25) is 0 Å². The molecule has 2 aliphatic rings. The molecule has 54 heavy (non-hydrogen) atoms. The summed E-state index contributed by atoms with van der Waals surface area (Å²) in [5, 5.41) is 15.6. The Kier molecular flexibility index (Phi) is 9.47. The molecule has 0 saturated heterocycles. The van der Waals surface area contributed by atoms with Crippen molar-refractivity contribution in [2.24, 2.45) is 14.1 Å². The Labute approximate surface area is 313 Å². The van der Waals surface area contributed by atoms with E-state index in [9.17, 15) is 9.59 Å². The molecule has 0 aliphatic carbocycles. The second-order valence-electron chi connectivity index (χ2n) is 14.5. The second-order valence-corrected chi connectivity index (χ2v) is 14.5. The van der Waals surface area contributed by atoms with E-state index in [2.05, 4.69) is 20.4 Å². The van der Waals surface area contributed by atoms with Crippen LogP contribution in [0.2, 0.25) is 0 Å². The van der Waals surface area contributed by atoms with E-state index in [0.717, 1.165) is 33.4 Å². The molecular formula is C42H42F2N8O2. The molecule has 276 valence electrons. The van der Waals surface area contributed by atoms with Gasteiger partial charge in [0.25, 0.3) is 11.8 Å². The number of aryl methyl sites for hydroxylation is 4. The highest BCUT2D eigenvalue weighted by Gasteiger charge is 2.34. The molecule has 0 spiro atoms. The molecule has 2 atom stereocenters. The predicted molar refractivity (Wildman–Crippen MR) is 203 cm³/mol. The monoisotopic (exact) mass is 728 g/mol. The number of anilines is 2. The first-order chi connectivity index (χ1) is 25.7. The lowest BCUT2D eigenvalue weighted by atomic mass is 9.93. The van der Waals surface area contributed by atoms with Crippen LogP contribution in [0.3, 0.4) is 0 Å². The minimum Gasteiger partial charge on any atom is -0.321 e. The molecule has 8 rings (SSSR count). The van der Waals surface area contributed by atoms with E-state index in [4.69, 9.17) is 0 Å². The molecule has 6 aromatic rings. The number of carbonyl (C=O) groups excluding carboxylic acids is 2. The Balaban J connectivity index is 0.000000167. The second kappa shape index (κ2) is 14.1. The van der Waals surface area contributed by atoms with Crippen molar-refractivity contribution in [2.75, 3.05) is 9.80 Å². The number of benzene rings is 4. The van der Waals surface area contributed by atoms with Gasteiger partial charge in [0.05, 0.1) is 13.1 Å². The van der Waals surface area contributed by atoms with E-state index in [-0.39, 0.29) is 24.7 Å². The number of nitrogens with zero attached hydrogens (tertiary/aromatic N) is 8. The molecule has 0 fully saturated rings. The number of carbonyl (C=O) groups is 2. The topological polar surface area (TPSA) is 102 Å². The van der Waals surface area contributed by atoms with Crippen LogP contribution in [-0.2, 0) is 51.4 Å². The summed E-state index contributed by atoms with van der Waals surface area (Å²) < 4.78 is 34.4. The van der Waals surface area contributed by atoms with Crippen LogP contribution in [0.15, 0.2) is 97.6 Å². The first-order valence-electron chi connectivity index (χ1n) is 17.8. The highest BCUT2D eigenvalue weighted by Crippen LogP contribution is 2.37. The van der Waals surface area contributed by atoms with Crippen LogP contribution in [0.4, 0.5) is 20.2 Å². The number of rotatable bonds is 8. The number of fused-ring (bicyclic) bond motifs is 2. The van der Waals surface area contributed by atoms with Gasteiger partial charge in [-0.1, -0.05) is 48.5 Å². The van der Waals surface area contributed by atoms with Crippen molar-refractivity contribution in [3.63, 3.8) is 0 Å². The van der Waals surface area contributed by atoms with Crippen molar-refractivity contribution < 1.29 is 18.4 Å². The van der Waals surface area contributed by atoms with Gasteiger partial charge in [0.15, 0.2) is 0 Å². The summed E-state index contributed by atoms with van der Waals surface area (Å²) in [7, 11) is 3.59. The summed E-state index contributed by atoms with van der Waals surface area (Å²) in [5.41, 5.74) is 4.91. The number of hydrogen-bond donors (Lipinski definition) is 0. The fourth-order valence-electron chi connectivity index (χ4n) is 7.12. The molecule has 2 amide bonds. The summed E-state index contributed by atoms with van der Waals surface area (Å²) in [6.07, 6.45) is 3.34. The summed E-state index contributed by atoms with van der Waals surface area (Å²) in [4.78, 5) is 29.1. The number of halogens is 2. The molecular weight excluding hydrogens is 687 g/mol. The first kappa shape index (κ1) is 36.3. The Morgan fingerprint density at radius 3 is 1.35 bits per heavy atom. The fourth-order valence-corrected chi connectivity index (χ4v) is 7.12. The Hall–Kier alpha value is -6.04. The third kappa shape index (κ3) is 6.91. The lowest BCUT2D eigenvalue weighted by Crippen LogP contribution is -2.25. The number of aromatic nitrogens is 6. The summed E-state index contributed by atoms with van der Waals surface area (Å²) in [6, 6.07) is 25.8. The third-order valence-corrected chi connectivity index (χ3v) is 10.5. The Morgan fingerprint density at radius 1 is 0.611 bits per heavy atom. The van der Waals surface area contributed by atoms with Gasteiger partial charge in [-0.05, 0) is 97.5 Å². The lowest BCUT2D eigenvalue weighted by molar-refractivity contribution is 0.0988. The largest absolute Gasteiger partial charge is 0.321 e. The van der Waals surface area contributed by atoms with Gasteiger partial charge >= 0.3 is 0 Å². The zero-order chi connectivity index (χ0) is 38.4. The SMILES string of the molecule is Cc1cccc2c1CN(c1cccc([C@@](C)(F)Cc3nncn3C)c1)C2=O.Cc1cccc2c1CN(c1cccc([C@](C)(F)Cc3nncn3C)c1)C2=O. The van der Waals surface area contributed by atoms with Gasteiger partial charge < -0.3 is 18.9 Å². The van der Waals surface area contributed by atoms with Gasteiger partial charge in [-0.2, -0.15) is 0 Å². The average Bonchev–Trinajstić information content (AvgIpc) is 3.92. The van der Waals surface area contributed by atoms with E-state index in [0.29, 0.717) is 47.2 Å². The van der Waals surface area contributed by atoms with Gasteiger partial charge in [-0.15, -0.1) is 20.4 Å². The molecule has 0 saturated carbocycles. The summed E-state index contributed by atoms with van der Waals surface area (Å²) in [5.74, 6) is 1.07. The minimum atomic E-state index is -1.62. The van der Waals surface area contributed by atoms with E-state index >= 15 is 8.78 Å². The van der Waals surface area contributed by atoms with E-state index in [1.807, 2.05) is 62.4 Å². The highest BCUT2D eigenvalue weighted by atomic mass is 19.1. The van der Waals surface area contributed by atoms with E-state index < -0.39 is 11.3 Å². The smallest absolute Gasteiger partial charge is 0.258 e. The van der Waals surface area contributed by atoms with Crippen LogP contribution in [0, 0.1) is 13.8 Å². The van der Waals surface area contributed by atoms with Crippen LogP contribution in [0.1, 0.15) is 79.6 Å². The Morgan fingerprint density at radius 2 is 1.00 bits per heavy atom. The van der Waals surface area contributed by atoms with Gasteiger partial charge in [0, 0.05) is 49.4 Å². The van der Waals surface area contributed by atoms with Crippen LogP contribution >= 0.6 is 0 Å².